The number of aliphatic carboxylic acids is 3. The van der Waals surface area contributed by atoms with Crippen molar-refractivity contribution in [3.63, 3.8) is 0 Å². The maximum atomic E-state index is 14.2. The lowest BCUT2D eigenvalue weighted by atomic mass is 9.88. The second-order valence-corrected chi connectivity index (χ2v) is 23.5. The summed E-state index contributed by atoms with van der Waals surface area (Å²) in [6.07, 6.45) is -41.8. The molecule has 4 fully saturated rings. The number of carboxylic acids is 3. The van der Waals surface area contributed by atoms with Gasteiger partial charge in [-0.05, 0) is 19.8 Å². The van der Waals surface area contributed by atoms with Crippen molar-refractivity contribution in [3.05, 3.63) is 0 Å². The van der Waals surface area contributed by atoms with Gasteiger partial charge in [-0.3, -0.25) is 52.9 Å². The average molecular weight is 1460 g/mol. The summed E-state index contributed by atoms with van der Waals surface area (Å²) in [5.41, 5.74) is 16.2. The zero-order valence-electron chi connectivity index (χ0n) is 54.2. The van der Waals surface area contributed by atoms with Crippen LogP contribution in [0.25, 0.3) is 0 Å². The van der Waals surface area contributed by atoms with Gasteiger partial charge in [-0.25, -0.2) is 9.59 Å². The number of hydrogen-bond donors (Lipinski definition) is 27. The van der Waals surface area contributed by atoms with E-state index in [0.717, 1.165) is 13.8 Å². The predicted octanol–water partition coefficient (Wildman–Crippen LogP) is -17.0. The molecule has 4 aliphatic heterocycles. The summed E-state index contributed by atoms with van der Waals surface area (Å²) in [6.45, 7) is -4.69. The van der Waals surface area contributed by atoms with Crippen molar-refractivity contribution >= 4 is 77.0 Å². The Morgan fingerprint density at radius 1 is 0.594 bits per heavy atom. The van der Waals surface area contributed by atoms with E-state index in [9.17, 15) is 129 Å². The zero-order valence-corrected chi connectivity index (χ0v) is 54.2. The number of carbonyl (C=O) groups is 12. The Kier molecular flexibility index (Phi) is 33.5. The Labute approximate surface area is 571 Å². The van der Waals surface area contributed by atoms with Crippen molar-refractivity contribution < 1.29 is 167 Å². The molecule has 101 heavy (non-hydrogen) atoms. The molecule has 0 bridgehead atoms. The third-order valence-electron chi connectivity index (χ3n) is 15.8. The van der Waals surface area contributed by atoms with Crippen LogP contribution in [0.15, 0.2) is 4.99 Å². The lowest BCUT2D eigenvalue weighted by Gasteiger charge is -2.52. The fourth-order valence-electron chi connectivity index (χ4n) is 10.7. The number of aliphatic imine (C=N–C) groups is 1. The second-order valence-electron chi connectivity index (χ2n) is 23.5. The minimum absolute atomic E-state index is 0.0473. The number of amides is 9. The Hall–Kier alpha value is -7.89. The summed E-state index contributed by atoms with van der Waals surface area (Å²) in [5, 5.41) is 178. The molecule has 0 aromatic heterocycles. The van der Waals surface area contributed by atoms with Gasteiger partial charge >= 0.3 is 17.9 Å². The molecule has 0 radical (unpaired) electrons. The molecule has 30 N–H and O–H groups in total. The molecule has 25 atom stereocenters. The van der Waals surface area contributed by atoms with Gasteiger partial charge in [-0.1, -0.05) is 0 Å². The van der Waals surface area contributed by atoms with E-state index < -0.39 is 289 Å². The van der Waals surface area contributed by atoms with Crippen LogP contribution in [0.2, 0.25) is 0 Å². The molecular weight excluding hydrogens is 1370 g/mol. The minimum atomic E-state index is -3.30. The molecule has 0 aliphatic carbocycles. The van der Waals surface area contributed by atoms with Gasteiger partial charge in [0.25, 0.3) is 5.79 Å². The largest absolute Gasteiger partial charge is 0.481 e. The van der Waals surface area contributed by atoms with E-state index in [0.29, 0.717) is 0 Å². The highest BCUT2D eigenvalue weighted by Crippen LogP contribution is 2.39. The number of guanidine groups is 1. The molecule has 574 valence electrons. The van der Waals surface area contributed by atoms with Crippen molar-refractivity contribution in [2.75, 3.05) is 52.6 Å². The summed E-state index contributed by atoms with van der Waals surface area (Å²) in [4.78, 5) is 158. The number of aliphatic hydroxyl groups excluding tert-OH is 12. The summed E-state index contributed by atoms with van der Waals surface area (Å²) in [7, 11) is 0. The number of nitrogens with two attached hydrogens (primary N) is 3. The van der Waals surface area contributed by atoms with Crippen LogP contribution in [0.4, 0.5) is 0 Å². The highest BCUT2D eigenvalue weighted by atomic mass is 16.8. The van der Waals surface area contributed by atoms with Gasteiger partial charge < -0.3 is 175 Å². The number of ether oxygens (including phenoxy) is 7. The fourth-order valence-corrected chi connectivity index (χ4v) is 10.7. The van der Waals surface area contributed by atoms with Gasteiger partial charge in [0.05, 0.1) is 77.2 Å². The number of carboxylic acid groups (broad SMARTS) is 3. The fraction of sp³-hybridized carbons (Fsp3) is 0.759. The van der Waals surface area contributed by atoms with Crippen molar-refractivity contribution in [3.8, 4) is 0 Å². The smallest absolute Gasteiger partial charge is 0.364 e. The number of aliphatic hydroxyl groups is 12. The molecule has 0 saturated carbocycles. The van der Waals surface area contributed by atoms with Crippen LogP contribution < -0.4 is 65.1 Å². The molecule has 4 saturated heterocycles. The molecule has 0 aromatic carbocycles. The summed E-state index contributed by atoms with van der Waals surface area (Å²) in [6, 6.07) is -11.1. The normalized spacial score (nSPS) is 31.2. The molecular formula is C54H89N13O34. The van der Waals surface area contributed by atoms with Crippen LogP contribution in [-0.4, -0.2) is 359 Å². The quantitative estimate of drug-likeness (QED) is 0.0156. The topological polar surface area (TPSA) is 772 Å². The third-order valence-corrected chi connectivity index (χ3v) is 15.8. The van der Waals surface area contributed by atoms with E-state index in [4.69, 9.17) is 55.5 Å². The lowest BCUT2D eigenvalue weighted by molar-refractivity contribution is -0.386. The first-order valence-corrected chi connectivity index (χ1v) is 30.9. The average Bonchev–Trinajstić information content (AvgIpc) is 0.790. The van der Waals surface area contributed by atoms with E-state index in [1.165, 1.54) is 6.92 Å². The van der Waals surface area contributed by atoms with Crippen LogP contribution in [0.5, 0.6) is 0 Å². The third kappa shape index (κ3) is 24.1. The van der Waals surface area contributed by atoms with Gasteiger partial charge in [0.2, 0.25) is 53.2 Å². The van der Waals surface area contributed by atoms with Gasteiger partial charge in [0, 0.05) is 26.8 Å². The molecule has 47 nitrogen and oxygen atoms in total. The predicted molar refractivity (Wildman–Crippen MR) is 323 cm³/mol. The standard InChI is InChI=1S/C54H89N13O34/c1-17-35(82)38(85)39(86)50(95-17)99-43-34(62-19(3)73)48(96-27(16-71)41(43)98-51-40(87)44(37(84)26(15-70)97-51)101-54(52(93)94)9-24(74)33(61-18(2)72)42(100-54)36(83)25(75)14-69)67-28(76)7-21(64-29(77)10-55)46(89)60-11-30(78)63-20(5-4-6-58-53(56)57)45(88)59-12-31(79)65-22(8-32(80)81)47(90)66-23(13-68)49(91)92/h17,20-27,33-44,48,50-51,68-71,74-75,82-87H,4-16,55H2,1-3H3,(H,59,88)(H,60,89)(H,61,72)(H,62,73)(H,63,78)(H,64,77)(H,65,79)(H,66,90)(H,67,76)(H,80,81)(H,91,92)(H,93,94)(H4,56,57,58)/t17-,20-,21-,22-,23-,24-,25-,26+,27+,33+,34+,35+,36-,37-,38+,39-,40+,41+,42?,43?,44-,48+,50?,51-,54-/m0/s1. The molecule has 9 amide bonds. The van der Waals surface area contributed by atoms with Crippen molar-refractivity contribution in [1.82, 2.24) is 47.9 Å². The summed E-state index contributed by atoms with van der Waals surface area (Å²) >= 11 is 0. The number of nitrogens with zero attached hydrogens (tertiary/aromatic N) is 1. The number of nitrogens with one attached hydrogen (secondary N) is 9. The first kappa shape index (κ1) is 85.5. The zero-order chi connectivity index (χ0) is 76.1. The molecule has 4 heterocycles. The first-order chi connectivity index (χ1) is 47.4. The first-order valence-electron chi connectivity index (χ1n) is 30.9. The molecule has 3 unspecified atom stereocenters. The molecule has 47 heteroatoms. The molecule has 0 spiro atoms. The van der Waals surface area contributed by atoms with Crippen LogP contribution in [-0.2, 0) is 90.7 Å². The van der Waals surface area contributed by atoms with Gasteiger partial charge in [-0.15, -0.1) is 0 Å². The lowest BCUT2D eigenvalue weighted by Crippen LogP contribution is -2.72. The molecule has 0 aromatic rings. The Morgan fingerprint density at radius 3 is 1.68 bits per heavy atom. The Morgan fingerprint density at radius 2 is 1.15 bits per heavy atom. The summed E-state index contributed by atoms with van der Waals surface area (Å²) in [5.74, 6) is -19.6. The van der Waals surface area contributed by atoms with Crippen molar-refractivity contribution in [2.45, 2.75) is 205 Å². The molecule has 4 aliphatic rings. The monoisotopic (exact) mass is 1460 g/mol. The number of carbonyl (C=O) groups excluding carboxylic acids is 9. The van der Waals surface area contributed by atoms with Crippen LogP contribution in [0.1, 0.15) is 52.9 Å². The van der Waals surface area contributed by atoms with E-state index in [1.54, 1.807) is 0 Å². The van der Waals surface area contributed by atoms with E-state index >= 15 is 0 Å². The number of rotatable bonds is 37. The van der Waals surface area contributed by atoms with Gasteiger partial charge in [0.15, 0.2) is 24.8 Å². The summed E-state index contributed by atoms with van der Waals surface area (Å²) < 4.78 is 41.1. The van der Waals surface area contributed by atoms with Crippen molar-refractivity contribution in [1.29, 1.82) is 0 Å². The second kappa shape index (κ2) is 39.5. The Balaban J connectivity index is 1.65. The van der Waals surface area contributed by atoms with E-state index in [2.05, 4.69) is 42.2 Å². The van der Waals surface area contributed by atoms with E-state index in [1.807, 2.05) is 10.6 Å². The Bertz CT molecular complexity index is 2910. The highest BCUT2D eigenvalue weighted by Gasteiger charge is 2.61. The highest BCUT2D eigenvalue weighted by molar-refractivity contribution is 5.97. The van der Waals surface area contributed by atoms with Gasteiger partial charge in [-0.2, -0.15) is 0 Å². The number of hydrogen-bond acceptors (Lipinski definition) is 33. The van der Waals surface area contributed by atoms with Crippen LogP contribution >= 0.6 is 0 Å². The maximum absolute atomic E-state index is 14.2. The maximum Gasteiger partial charge on any atom is 0.364 e. The minimum Gasteiger partial charge on any atom is -0.481 e. The van der Waals surface area contributed by atoms with E-state index in [-0.39, 0.29) is 25.3 Å². The van der Waals surface area contributed by atoms with Crippen LogP contribution in [0, 0.1) is 0 Å². The molecule has 4 rings (SSSR count). The SMILES string of the molecule is CC(=O)N[C@@H]1C(OC2O[C@@H](C)[C@@H](O)[C@@H](O)[C@@H]2O)[C@H](O[C@@H]2O[C@H](CO)[C@H](O)[C@H](O[C@]3(C(=O)O)C[C@H](O)[C@@H](NC(C)=O)C([C@@H](O)[C@@H](O)CO)O3)[C@H]2O)[C@@H](CO)O[C@H]1NC(=O)C[C@H](NC(=O)CN)C(=O)NCC(=O)N[C@@H](CCCN=C(N)N)C(=O)NCC(=O)N[C@@H](CC(=O)O)C(=O)N[C@@H](CO)C(=O)O. The van der Waals surface area contributed by atoms with Crippen molar-refractivity contribution in [2.24, 2.45) is 22.2 Å². The van der Waals surface area contributed by atoms with Gasteiger partial charge in [0.1, 0.15) is 110 Å². The van der Waals surface area contributed by atoms with Crippen LogP contribution in [0.3, 0.4) is 0 Å².